The number of furan rings is 4. The van der Waals surface area contributed by atoms with Crippen LogP contribution in [0.25, 0.3) is 175 Å². The highest BCUT2D eigenvalue weighted by atomic mass is 16.3. The van der Waals surface area contributed by atoms with Crippen LogP contribution in [0.2, 0.25) is 0 Å². The minimum absolute atomic E-state index is 0.626. The van der Waals surface area contributed by atoms with Gasteiger partial charge < -0.3 is 37.3 Å². The van der Waals surface area contributed by atoms with Crippen LogP contribution in [0.15, 0.2) is 527 Å². The van der Waals surface area contributed by atoms with E-state index in [2.05, 4.69) is 529 Å². The lowest BCUT2D eigenvalue weighted by atomic mass is 9.70. The van der Waals surface area contributed by atoms with Crippen LogP contribution in [-0.4, -0.2) is 0 Å². The first-order chi connectivity index (χ1) is 72.4. The normalized spacial score (nSPS) is 13.0. The van der Waals surface area contributed by atoms with E-state index in [9.17, 15) is 0 Å². The van der Waals surface area contributed by atoms with Gasteiger partial charge >= 0.3 is 0 Å². The molecule has 0 aliphatic heterocycles. The summed E-state index contributed by atoms with van der Waals surface area (Å²) in [5, 5.41) is 17.8. The van der Waals surface area contributed by atoms with Crippen molar-refractivity contribution in [2.75, 3.05) is 19.6 Å². The van der Waals surface area contributed by atoms with Crippen LogP contribution in [-0.2, 0) is 10.8 Å². The maximum Gasteiger partial charge on any atom is 0.160 e. The second kappa shape index (κ2) is 31.6. The zero-order valence-corrected chi connectivity index (χ0v) is 78.9. The maximum atomic E-state index is 7.14. The molecule has 4 aliphatic carbocycles. The van der Waals surface area contributed by atoms with E-state index in [1.54, 1.807) is 0 Å². The average molecular weight is 1860 g/mol. The van der Waals surface area contributed by atoms with Gasteiger partial charge in [-0.2, -0.15) is 0 Å². The third-order valence-electron chi connectivity index (χ3n) is 31.5. The molecule has 0 amide bonds. The second-order valence-corrected chi connectivity index (χ2v) is 39.0. The summed E-state index contributed by atoms with van der Waals surface area (Å²) in [6, 6.07) is 185. The topological polar surface area (TPSA) is 65.5 Å². The van der Waals surface area contributed by atoms with Gasteiger partial charge in [-0.25, -0.2) is 0 Å². The molecule has 0 saturated heterocycles. The third kappa shape index (κ3) is 11.7. The Morgan fingerprint density at radius 2 is 0.336 bits per heavy atom. The summed E-state index contributed by atoms with van der Waals surface area (Å²) in [7, 11) is 0. The molecule has 24 aromatic carbocycles. The molecular weight excluding hydrogens is 1780 g/mol. The first-order valence-corrected chi connectivity index (χ1v) is 50.1. The monoisotopic (exact) mass is 1860 g/mol. The molecule has 4 heterocycles. The number of benzene rings is 24. The zero-order valence-electron chi connectivity index (χ0n) is 78.9. The van der Waals surface area contributed by atoms with E-state index in [0.717, 1.165) is 199 Å². The maximum absolute atomic E-state index is 7.14. The largest absolute Gasteiger partial charge is 0.455 e. The molecule has 0 bridgehead atoms. The van der Waals surface area contributed by atoms with Crippen molar-refractivity contribution < 1.29 is 17.7 Å². The number of nitrogens with zero attached hydrogens (tertiary/aromatic N) is 4. The van der Waals surface area contributed by atoms with E-state index < -0.39 is 10.8 Å². The molecule has 146 heavy (non-hydrogen) atoms. The van der Waals surface area contributed by atoms with E-state index in [4.69, 9.17) is 17.7 Å². The van der Waals surface area contributed by atoms with Crippen LogP contribution in [0.1, 0.15) is 44.5 Å². The standard InChI is InChI=1S/2C69H42N2O2/c1-5-21-45(22-6-1)70(46-23-7-2-8-24-46)61-39-44-38-60-56(42-54(44)67-66(61)52-32-16-20-36-64(52)72-67)55-41-53-43(37-59(55)69(60)57-33-17-13-29-49(57)50-30-14-18-34-58(50)69)40-62(68-65(53)51-31-15-19-35-63(51)73-68)71(47-25-9-3-10-26-47)48-27-11-4-12-28-48;1-5-21-45(22-6-1)70(46-23-7-2-8-24-46)61-39-43-37-59-55(41-53(43)65-51-31-15-19-35-63(51)72-67(61)65)56-42-54-44(38-60(56)69(59)57-33-17-13-29-49(57)50-30-14-18-34-58(50)69)40-62(68-66(54)52-32-16-20-36-64(52)73-68)71(47-25-9-3-10-26-47)48-27-11-4-12-28-48/h2*1-42H. The fourth-order valence-electron chi connectivity index (χ4n) is 25.7. The summed E-state index contributed by atoms with van der Waals surface area (Å²) < 4.78 is 28.3. The molecule has 0 saturated carbocycles. The number of hydrogen-bond acceptors (Lipinski definition) is 8. The number of rotatable bonds is 12. The molecule has 8 nitrogen and oxygen atoms in total. The summed E-state index contributed by atoms with van der Waals surface area (Å²) in [5.74, 6) is 0. The van der Waals surface area contributed by atoms with Gasteiger partial charge in [-0.15, -0.1) is 0 Å². The van der Waals surface area contributed by atoms with Gasteiger partial charge in [0.25, 0.3) is 0 Å². The number of para-hydroxylation sites is 12. The molecule has 0 fully saturated rings. The lowest BCUT2D eigenvalue weighted by Crippen LogP contribution is -2.25. The molecule has 2 spiro atoms. The van der Waals surface area contributed by atoms with E-state index in [0.29, 0.717) is 0 Å². The minimum Gasteiger partial charge on any atom is -0.455 e. The zero-order chi connectivity index (χ0) is 95.6. The number of fused-ring (bicyclic) bond motifs is 40. The molecule has 0 N–H and O–H groups in total. The van der Waals surface area contributed by atoms with Gasteiger partial charge in [0.15, 0.2) is 16.7 Å². The van der Waals surface area contributed by atoms with Gasteiger partial charge in [-0.3, -0.25) is 0 Å². The molecule has 28 aromatic rings. The predicted molar refractivity (Wildman–Crippen MR) is 603 cm³/mol. The summed E-state index contributed by atoms with van der Waals surface area (Å²) >= 11 is 0. The van der Waals surface area contributed by atoms with E-state index in [-0.39, 0.29) is 0 Å². The first kappa shape index (κ1) is 81.5. The number of hydrogen-bond donors (Lipinski definition) is 0. The minimum atomic E-state index is -0.631. The molecule has 0 unspecified atom stereocenters. The Bertz CT molecular complexity index is 9780. The van der Waals surface area contributed by atoms with Crippen LogP contribution in [0, 0.1) is 0 Å². The van der Waals surface area contributed by atoms with Crippen molar-refractivity contribution in [3.8, 4) is 44.5 Å². The Labute approximate surface area is 839 Å². The second-order valence-electron chi connectivity index (χ2n) is 39.0. The third-order valence-corrected chi connectivity index (χ3v) is 31.5. The Hall–Kier alpha value is -19.3. The van der Waals surface area contributed by atoms with E-state index in [1.807, 2.05) is 0 Å². The van der Waals surface area contributed by atoms with Crippen molar-refractivity contribution in [2.24, 2.45) is 0 Å². The van der Waals surface area contributed by atoms with Gasteiger partial charge in [0, 0.05) is 88.6 Å². The van der Waals surface area contributed by atoms with Crippen LogP contribution in [0.3, 0.4) is 0 Å². The van der Waals surface area contributed by atoms with Crippen molar-refractivity contribution in [3.05, 3.63) is 554 Å². The highest BCUT2D eigenvalue weighted by molar-refractivity contribution is 6.30. The van der Waals surface area contributed by atoms with Crippen LogP contribution < -0.4 is 19.6 Å². The van der Waals surface area contributed by atoms with Crippen molar-refractivity contribution in [1.29, 1.82) is 0 Å². The lowest BCUT2D eigenvalue weighted by molar-refractivity contribution is 0.669. The quantitative estimate of drug-likeness (QED) is 0.120. The van der Waals surface area contributed by atoms with Gasteiger partial charge in [-0.1, -0.05) is 315 Å². The smallest absolute Gasteiger partial charge is 0.160 e. The lowest BCUT2D eigenvalue weighted by Gasteiger charge is -2.31. The van der Waals surface area contributed by atoms with Gasteiger partial charge in [-0.05, 0) is 321 Å². The summed E-state index contributed by atoms with van der Waals surface area (Å²) in [5.41, 5.74) is 38.3. The molecule has 4 aliphatic rings. The first-order valence-electron chi connectivity index (χ1n) is 50.1. The summed E-state index contributed by atoms with van der Waals surface area (Å²) in [6.45, 7) is 0. The van der Waals surface area contributed by atoms with Crippen molar-refractivity contribution in [2.45, 2.75) is 10.8 Å². The average Bonchev–Trinajstić information content (AvgIpc) is 1.50. The molecule has 680 valence electrons. The molecule has 0 atom stereocenters. The van der Waals surface area contributed by atoms with Crippen molar-refractivity contribution in [1.82, 2.24) is 0 Å². The molecule has 8 heteroatoms. The Kier molecular flexibility index (Phi) is 17.7. The highest BCUT2D eigenvalue weighted by Crippen LogP contribution is 2.68. The van der Waals surface area contributed by atoms with Gasteiger partial charge in [0.05, 0.1) is 39.0 Å². The fraction of sp³-hybridized carbons (Fsp3) is 0.0145. The fourth-order valence-corrected chi connectivity index (χ4v) is 25.7. The Balaban J connectivity index is 0.000000133. The SMILES string of the molecule is c1ccc(N(c2ccccc2)c2cc3cc4c(cc3c3c2oc2ccccc23)-c2cc3c(cc2C42c4ccccc4-c4ccccc42)cc(N(c2ccccc2)c2ccccc2)c2c4ccccc4oc32)cc1.c1ccc(N(c2ccccc2)c2cc3cc4c(cc3c3c2oc2ccccc23)-c2cc3c(cc2C42c4ccccc4-c4ccccc42)cc(N(c2ccccc2)c2ccccc2)c2oc4ccccc4c23)cc1. The van der Waals surface area contributed by atoms with Crippen molar-refractivity contribution in [3.63, 3.8) is 0 Å². The summed E-state index contributed by atoms with van der Waals surface area (Å²) in [6.07, 6.45) is 0. The van der Waals surface area contributed by atoms with E-state index in [1.165, 1.54) is 89.0 Å². The van der Waals surface area contributed by atoms with Gasteiger partial charge in [0.2, 0.25) is 0 Å². The van der Waals surface area contributed by atoms with Crippen molar-refractivity contribution >= 4 is 199 Å². The van der Waals surface area contributed by atoms with Crippen LogP contribution in [0.5, 0.6) is 0 Å². The molecule has 4 aromatic heterocycles. The molecule has 0 radical (unpaired) electrons. The highest BCUT2D eigenvalue weighted by Gasteiger charge is 2.55. The predicted octanol–water partition coefficient (Wildman–Crippen LogP) is 38.1. The Morgan fingerprint density at radius 1 is 0.137 bits per heavy atom. The molecule has 32 rings (SSSR count). The Morgan fingerprint density at radius 3 is 0.603 bits per heavy atom. The number of anilines is 12. The van der Waals surface area contributed by atoms with E-state index >= 15 is 0 Å². The van der Waals surface area contributed by atoms with Gasteiger partial charge in [0.1, 0.15) is 27.9 Å². The van der Waals surface area contributed by atoms with Crippen LogP contribution in [0.4, 0.5) is 68.2 Å². The summed E-state index contributed by atoms with van der Waals surface area (Å²) in [4.78, 5) is 9.43. The van der Waals surface area contributed by atoms with Crippen LogP contribution >= 0.6 is 0 Å². The molecular formula is C138H84N4O4.